The highest BCUT2D eigenvalue weighted by Crippen LogP contribution is 2.25. The smallest absolute Gasteiger partial charge is 0.190 e. The van der Waals surface area contributed by atoms with Crippen LogP contribution in [-0.4, -0.2) is 15.2 Å². The predicted molar refractivity (Wildman–Crippen MR) is 86.4 cm³/mol. The second-order valence-corrected chi connectivity index (χ2v) is 6.71. The van der Waals surface area contributed by atoms with Crippen molar-refractivity contribution in [1.29, 1.82) is 5.26 Å². The second-order valence-electron chi connectivity index (χ2n) is 4.76. The molecule has 2 N–H and O–H groups in total. The first-order valence-corrected chi connectivity index (χ1v) is 7.73. The standard InChI is InChI=1S/C15H15ClN4S/c1-9(2)21-15-19-13(11(8-17)14(18)20-15)7-10-5-3-4-6-12(10)16/h3-6,9H,7H2,1-2H3,(H2,18,19,20). The van der Waals surface area contributed by atoms with Crippen LogP contribution in [0.3, 0.4) is 0 Å². The van der Waals surface area contributed by atoms with Gasteiger partial charge in [-0.05, 0) is 11.6 Å². The summed E-state index contributed by atoms with van der Waals surface area (Å²) in [5.74, 6) is 0.220. The first-order chi connectivity index (χ1) is 10.0. The van der Waals surface area contributed by atoms with E-state index >= 15 is 0 Å². The van der Waals surface area contributed by atoms with Crippen molar-refractivity contribution in [2.24, 2.45) is 0 Å². The maximum Gasteiger partial charge on any atom is 0.190 e. The van der Waals surface area contributed by atoms with Crippen LogP contribution in [0.15, 0.2) is 29.4 Å². The van der Waals surface area contributed by atoms with E-state index in [2.05, 4.69) is 29.9 Å². The van der Waals surface area contributed by atoms with Crippen LogP contribution >= 0.6 is 23.4 Å². The molecule has 0 unspecified atom stereocenters. The van der Waals surface area contributed by atoms with E-state index in [0.717, 1.165) is 5.56 Å². The summed E-state index contributed by atoms with van der Waals surface area (Å²) in [6.45, 7) is 4.10. The van der Waals surface area contributed by atoms with Crippen molar-refractivity contribution in [2.45, 2.75) is 30.7 Å². The topological polar surface area (TPSA) is 75.6 Å². The van der Waals surface area contributed by atoms with E-state index < -0.39 is 0 Å². The Labute approximate surface area is 133 Å². The Morgan fingerprint density at radius 1 is 1.33 bits per heavy atom. The van der Waals surface area contributed by atoms with Gasteiger partial charge in [0.2, 0.25) is 0 Å². The van der Waals surface area contributed by atoms with Gasteiger partial charge in [-0.1, -0.05) is 55.4 Å². The summed E-state index contributed by atoms with van der Waals surface area (Å²) in [5, 5.41) is 10.8. The van der Waals surface area contributed by atoms with Gasteiger partial charge in [0, 0.05) is 16.7 Å². The van der Waals surface area contributed by atoms with Crippen molar-refractivity contribution in [1.82, 2.24) is 9.97 Å². The molecule has 0 fully saturated rings. The normalized spacial score (nSPS) is 10.6. The number of nitrogen functional groups attached to an aromatic ring is 1. The zero-order valence-electron chi connectivity index (χ0n) is 11.8. The van der Waals surface area contributed by atoms with Crippen LogP contribution < -0.4 is 5.73 Å². The van der Waals surface area contributed by atoms with Crippen molar-refractivity contribution < 1.29 is 0 Å². The van der Waals surface area contributed by atoms with Crippen LogP contribution in [0.2, 0.25) is 5.02 Å². The van der Waals surface area contributed by atoms with Crippen LogP contribution in [-0.2, 0) is 6.42 Å². The monoisotopic (exact) mass is 318 g/mol. The molecule has 0 atom stereocenters. The highest BCUT2D eigenvalue weighted by molar-refractivity contribution is 7.99. The zero-order chi connectivity index (χ0) is 15.4. The van der Waals surface area contributed by atoms with Gasteiger partial charge in [0.05, 0.1) is 5.69 Å². The number of halogens is 1. The lowest BCUT2D eigenvalue weighted by Gasteiger charge is -2.10. The quantitative estimate of drug-likeness (QED) is 0.687. The maximum absolute atomic E-state index is 9.27. The molecule has 6 heteroatoms. The third-order valence-corrected chi connectivity index (χ3v) is 3.99. The molecule has 0 saturated heterocycles. The maximum atomic E-state index is 9.27. The molecule has 2 rings (SSSR count). The number of nitrogens with zero attached hydrogens (tertiary/aromatic N) is 3. The Morgan fingerprint density at radius 3 is 2.67 bits per heavy atom. The molecular formula is C15H15ClN4S. The highest BCUT2D eigenvalue weighted by Gasteiger charge is 2.15. The van der Waals surface area contributed by atoms with E-state index in [1.54, 1.807) is 0 Å². The number of anilines is 1. The number of hydrogen-bond donors (Lipinski definition) is 1. The lowest BCUT2D eigenvalue weighted by molar-refractivity contribution is 0.896. The van der Waals surface area contributed by atoms with Crippen molar-refractivity contribution in [3.8, 4) is 6.07 Å². The van der Waals surface area contributed by atoms with E-state index in [1.165, 1.54) is 11.8 Å². The number of nitrogens with two attached hydrogens (primary N) is 1. The lowest BCUT2D eigenvalue weighted by Crippen LogP contribution is -2.07. The summed E-state index contributed by atoms with van der Waals surface area (Å²) in [6, 6.07) is 9.58. The van der Waals surface area contributed by atoms with Crippen LogP contribution in [0, 0.1) is 11.3 Å². The zero-order valence-corrected chi connectivity index (χ0v) is 13.4. The molecule has 1 aromatic carbocycles. The predicted octanol–water partition coefficient (Wildman–Crippen LogP) is 3.68. The van der Waals surface area contributed by atoms with E-state index in [4.69, 9.17) is 17.3 Å². The van der Waals surface area contributed by atoms with Gasteiger partial charge < -0.3 is 5.73 Å². The Kier molecular flexibility index (Phi) is 5.05. The Hall–Kier alpha value is -1.77. The molecule has 1 heterocycles. The third-order valence-electron chi connectivity index (χ3n) is 2.76. The molecule has 0 amide bonds. The number of benzene rings is 1. The molecule has 0 saturated carbocycles. The Bertz CT molecular complexity index is 695. The molecule has 0 spiro atoms. The summed E-state index contributed by atoms with van der Waals surface area (Å²) in [5.41, 5.74) is 7.73. The molecule has 108 valence electrons. The first-order valence-electron chi connectivity index (χ1n) is 6.47. The second kappa shape index (κ2) is 6.79. The van der Waals surface area contributed by atoms with E-state index in [-0.39, 0.29) is 5.82 Å². The fraction of sp³-hybridized carbons (Fsp3) is 0.267. The Morgan fingerprint density at radius 2 is 2.05 bits per heavy atom. The largest absolute Gasteiger partial charge is 0.382 e. The molecule has 0 aliphatic heterocycles. The number of aromatic nitrogens is 2. The van der Waals surface area contributed by atoms with E-state index in [1.807, 2.05) is 24.3 Å². The minimum atomic E-state index is 0.220. The van der Waals surface area contributed by atoms with Crippen LogP contribution in [0.1, 0.15) is 30.7 Å². The number of rotatable bonds is 4. The average Bonchev–Trinajstić information content (AvgIpc) is 2.40. The number of hydrogen-bond acceptors (Lipinski definition) is 5. The van der Waals surface area contributed by atoms with Gasteiger partial charge in [-0.3, -0.25) is 0 Å². The lowest BCUT2D eigenvalue weighted by atomic mass is 10.1. The fourth-order valence-electron chi connectivity index (χ4n) is 1.84. The highest BCUT2D eigenvalue weighted by atomic mass is 35.5. The van der Waals surface area contributed by atoms with Gasteiger partial charge in [0.25, 0.3) is 0 Å². The van der Waals surface area contributed by atoms with Crippen molar-refractivity contribution in [2.75, 3.05) is 5.73 Å². The fourth-order valence-corrected chi connectivity index (χ4v) is 2.78. The van der Waals surface area contributed by atoms with Gasteiger partial charge in [0.15, 0.2) is 5.16 Å². The van der Waals surface area contributed by atoms with Crippen molar-refractivity contribution in [3.05, 3.63) is 46.1 Å². The van der Waals surface area contributed by atoms with Gasteiger partial charge in [-0.2, -0.15) is 5.26 Å². The molecular weight excluding hydrogens is 304 g/mol. The third kappa shape index (κ3) is 3.87. The van der Waals surface area contributed by atoms with E-state index in [9.17, 15) is 5.26 Å². The molecule has 21 heavy (non-hydrogen) atoms. The number of thioether (sulfide) groups is 1. The summed E-state index contributed by atoms with van der Waals surface area (Å²) in [7, 11) is 0. The summed E-state index contributed by atoms with van der Waals surface area (Å²) >= 11 is 7.69. The molecule has 0 aliphatic carbocycles. The molecule has 2 aromatic rings. The van der Waals surface area contributed by atoms with Crippen LogP contribution in [0.5, 0.6) is 0 Å². The van der Waals surface area contributed by atoms with Gasteiger partial charge in [-0.25, -0.2) is 9.97 Å². The van der Waals surface area contributed by atoms with Gasteiger partial charge in [0.1, 0.15) is 17.5 Å². The minimum absolute atomic E-state index is 0.220. The van der Waals surface area contributed by atoms with Crippen molar-refractivity contribution in [3.63, 3.8) is 0 Å². The minimum Gasteiger partial charge on any atom is -0.382 e. The summed E-state index contributed by atoms with van der Waals surface area (Å²) < 4.78 is 0. The summed E-state index contributed by atoms with van der Waals surface area (Å²) in [4.78, 5) is 8.65. The van der Waals surface area contributed by atoms with Crippen molar-refractivity contribution >= 4 is 29.2 Å². The summed E-state index contributed by atoms with van der Waals surface area (Å²) in [6.07, 6.45) is 0.459. The molecule has 1 aromatic heterocycles. The van der Waals surface area contributed by atoms with Crippen LogP contribution in [0.25, 0.3) is 0 Å². The molecule has 0 aliphatic rings. The number of nitriles is 1. The molecule has 0 bridgehead atoms. The first kappa shape index (κ1) is 15.6. The molecule has 4 nitrogen and oxygen atoms in total. The SMILES string of the molecule is CC(C)Sc1nc(N)c(C#N)c(Cc2ccccc2Cl)n1. The Balaban J connectivity index is 2.44. The molecule has 0 radical (unpaired) electrons. The average molecular weight is 319 g/mol. The van der Waals surface area contributed by atoms with Crippen LogP contribution in [0.4, 0.5) is 5.82 Å². The van der Waals surface area contributed by atoms with E-state index in [0.29, 0.717) is 33.1 Å². The van der Waals surface area contributed by atoms with Gasteiger partial charge >= 0.3 is 0 Å². The van der Waals surface area contributed by atoms with Gasteiger partial charge in [-0.15, -0.1) is 0 Å².